The maximum absolute atomic E-state index is 11.9. The molecule has 1 aliphatic heterocycles. The summed E-state index contributed by atoms with van der Waals surface area (Å²) in [6, 6.07) is 1.85. The molecule has 1 aliphatic rings. The molecule has 0 unspecified atom stereocenters. The van der Waals surface area contributed by atoms with Crippen LogP contribution in [0.2, 0.25) is 0 Å². The molecule has 0 spiro atoms. The molecule has 7 heteroatoms. The van der Waals surface area contributed by atoms with Crippen molar-refractivity contribution in [3.63, 3.8) is 0 Å². The summed E-state index contributed by atoms with van der Waals surface area (Å²) in [5.74, 6) is -0.105. The van der Waals surface area contributed by atoms with Crippen LogP contribution in [0.1, 0.15) is 25.7 Å². The van der Waals surface area contributed by atoms with E-state index in [0.717, 1.165) is 6.26 Å². The Balaban J connectivity index is 2.48. The average molecular weight is 274 g/mol. The zero-order chi connectivity index (χ0) is 13.8. The van der Waals surface area contributed by atoms with E-state index in [1.807, 2.05) is 6.07 Å². The summed E-state index contributed by atoms with van der Waals surface area (Å²) in [4.78, 5) is 13.4. The average Bonchev–Trinajstić information content (AvgIpc) is 2.54. The van der Waals surface area contributed by atoms with Gasteiger partial charge >= 0.3 is 0 Å². The molecule has 0 bridgehead atoms. The molecule has 18 heavy (non-hydrogen) atoms. The lowest BCUT2D eigenvalue weighted by atomic mass is 9.99. The van der Waals surface area contributed by atoms with Crippen molar-refractivity contribution in [2.45, 2.75) is 31.7 Å². The number of carbonyl (C=O) groups excluding carboxylic acids is 1. The minimum atomic E-state index is -3.47. The van der Waals surface area contributed by atoms with Crippen molar-refractivity contribution in [3.05, 3.63) is 0 Å². The quantitative estimate of drug-likeness (QED) is 0.520. The molecule has 0 aromatic rings. The van der Waals surface area contributed by atoms with Gasteiger partial charge in [0.05, 0.1) is 25.0 Å². The lowest BCUT2D eigenvalue weighted by molar-refractivity contribution is -0.131. The Morgan fingerprint density at radius 2 is 2.22 bits per heavy atom. The van der Waals surface area contributed by atoms with Gasteiger partial charge in [0.15, 0.2) is 0 Å². The van der Waals surface area contributed by atoms with Gasteiger partial charge in [-0.15, -0.1) is 0 Å². The van der Waals surface area contributed by atoms with Crippen LogP contribution in [0.4, 0.5) is 0 Å². The van der Waals surface area contributed by atoms with Crippen LogP contribution >= 0.6 is 0 Å². The van der Waals surface area contributed by atoms with Gasteiger partial charge in [-0.3, -0.25) is 8.98 Å². The number of nitriles is 1. The number of nitrogens with zero attached hydrogens (tertiary/aromatic N) is 2. The van der Waals surface area contributed by atoms with Gasteiger partial charge in [-0.05, 0) is 19.3 Å². The summed E-state index contributed by atoms with van der Waals surface area (Å²) in [6.45, 7) is 0.00975. The predicted octanol–water partition coefficient (Wildman–Crippen LogP) is 0.503. The van der Waals surface area contributed by atoms with Crippen molar-refractivity contribution in [3.8, 4) is 6.07 Å². The van der Waals surface area contributed by atoms with Crippen molar-refractivity contribution in [2.75, 3.05) is 19.9 Å². The minimum absolute atomic E-state index is 0.00930. The molecule has 1 amide bonds. The molecule has 0 radical (unpaired) electrons. The SMILES string of the molecule is CN1C(=O)[C@H](CCCC#N)C[C@H]1COS(C)(=O)=O. The number of amides is 1. The highest BCUT2D eigenvalue weighted by atomic mass is 32.2. The first kappa shape index (κ1) is 14.9. The molecule has 2 atom stereocenters. The molecule has 0 saturated carbocycles. The van der Waals surface area contributed by atoms with Crippen LogP contribution in [0.5, 0.6) is 0 Å². The van der Waals surface area contributed by atoms with Crippen LogP contribution in [0.25, 0.3) is 0 Å². The summed E-state index contributed by atoms with van der Waals surface area (Å²) in [5.41, 5.74) is 0. The Bertz CT molecular complexity index is 440. The second kappa shape index (κ2) is 6.16. The van der Waals surface area contributed by atoms with Gasteiger partial charge in [0.2, 0.25) is 5.91 Å². The summed E-state index contributed by atoms with van der Waals surface area (Å²) in [6.07, 6.45) is 3.40. The van der Waals surface area contributed by atoms with Crippen molar-refractivity contribution in [2.24, 2.45) is 5.92 Å². The molecule has 0 N–H and O–H groups in total. The van der Waals surface area contributed by atoms with E-state index in [1.165, 1.54) is 0 Å². The maximum Gasteiger partial charge on any atom is 0.264 e. The Morgan fingerprint density at radius 3 is 2.78 bits per heavy atom. The lowest BCUT2D eigenvalue weighted by Crippen LogP contribution is -2.33. The molecular formula is C11H18N2O4S. The van der Waals surface area contributed by atoms with E-state index in [4.69, 9.17) is 9.44 Å². The van der Waals surface area contributed by atoms with E-state index >= 15 is 0 Å². The lowest BCUT2D eigenvalue weighted by Gasteiger charge is -2.18. The molecule has 1 fully saturated rings. The molecule has 1 rings (SSSR count). The van der Waals surface area contributed by atoms with E-state index in [0.29, 0.717) is 25.7 Å². The number of hydrogen-bond donors (Lipinski definition) is 0. The minimum Gasteiger partial charge on any atom is -0.340 e. The van der Waals surface area contributed by atoms with Crippen LogP contribution in [0, 0.1) is 17.2 Å². The zero-order valence-corrected chi connectivity index (χ0v) is 11.4. The number of unbranched alkanes of at least 4 members (excludes halogenated alkanes) is 1. The number of likely N-dealkylation sites (tertiary alicyclic amines) is 1. The highest BCUT2D eigenvalue weighted by Gasteiger charge is 2.37. The third-order valence-corrected chi connectivity index (χ3v) is 3.68. The van der Waals surface area contributed by atoms with Crippen LogP contribution in [-0.4, -0.2) is 45.2 Å². The normalized spacial score (nSPS) is 24.3. The second-order valence-electron chi connectivity index (χ2n) is 4.57. The van der Waals surface area contributed by atoms with E-state index < -0.39 is 10.1 Å². The summed E-state index contributed by atoms with van der Waals surface area (Å²) >= 11 is 0. The van der Waals surface area contributed by atoms with Crippen molar-refractivity contribution in [1.29, 1.82) is 5.26 Å². The first-order valence-corrected chi connectivity index (χ1v) is 7.65. The van der Waals surface area contributed by atoms with Gasteiger partial charge in [-0.1, -0.05) is 0 Å². The van der Waals surface area contributed by atoms with E-state index in [-0.39, 0.29) is 24.5 Å². The van der Waals surface area contributed by atoms with Crippen molar-refractivity contribution >= 4 is 16.0 Å². The van der Waals surface area contributed by atoms with Gasteiger partial charge in [-0.2, -0.15) is 13.7 Å². The van der Waals surface area contributed by atoms with E-state index in [2.05, 4.69) is 0 Å². The first-order valence-electron chi connectivity index (χ1n) is 5.83. The van der Waals surface area contributed by atoms with Gasteiger partial charge in [0.25, 0.3) is 10.1 Å². The van der Waals surface area contributed by atoms with Crippen LogP contribution in [0.15, 0.2) is 0 Å². The van der Waals surface area contributed by atoms with Crippen LogP contribution < -0.4 is 0 Å². The second-order valence-corrected chi connectivity index (χ2v) is 6.22. The molecule has 1 saturated heterocycles. The Labute approximate surface area is 108 Å². The first-order chi connectivity index (χ1) is 8.35. The van der Waals surface area contributed by atoms with Gasteiger partial charge in [0.1, 0.15) is 0 Å². The highest BCUT2D eigenvalue weighted by molar-refractivity contribution is 7.85. The highest BCUT2D eigenvalue weighted by Crippen LogP contribution is 2.27. The number of hydrogen-bond acceptors (Lipinski definition) is 5. The fraction of sp³-hybridized carbons (Fsp3) is 0.818. The Hall–Kier alpha value is -1.13. The van der Waals surface area contributed by atoms with E-state index in [9.17, 15) is 13.2 Å². The largest absolute Gasteiger partial charge is 0.340 e. The third-order valence-electron chi connectivity index (χ3n) is 3.12. The fourth-order valence-corrected chi connectivity index (χ4v) is 2.51. The smallest absolute Gasteiger partial charge is 0.264 e. The maximum atomic E-state index is 11.9. The molecule has 6 nitrogen and oxygen atoms in total. The summed E-state index contributed by atoms with van der Waals surface area (Å²) < 4.78 is 26.5. The molecule has 0 aromatic heterocycles. The predicted molar refractivity (Wildman–Crippen MR) is 64.9 cm³/mol. The van der Waals surface area contributed by atoms with E-state index in [1.54, 1.807) is 11.9 Å². The fourth-order valence-electron chi connectivity index (χ4n) is 2.11. The standard InChI is InChI=1S/C11H18N2O4S/c1-13-10(8-17-18(2,15)16)7-9(11(13)14)5-3-4-6-12/h9-10H,3-5,7-8H2,1-2H3/t9-,10+/m1/s1. The molecule has 0 aromatic carbocycles. The van der Waals surface area contributed by atoms with Crippen molar-refractivity contribution in [1.82, 2.24) is 4.90 Å². The van der Waals surface area contributed by atoms with Gasteiger partial charge in [0, 0.05) is 19.4 Å². The molecule has 0 aliphatic carbocycles. The Morgan fingerprint density at radius 1 is 1.56 bits per heavy atom. The topological polar surface area (TPSA) is 87.5 Å². The summed E-state index contributed by atoms with van der Waals surface area (Å²) in [5, 5.41) is 8.45. The van der Waals surface area contributed by atoms with Crippen LogP contribution in [0.3, 0.4) is 0 Å². The molecule has 102 valence electrons. The van der Waals surface area contributed by atoms with Crippen LogP contribution in [-0.2, 0) is 19.1 Å². The third kappa shape index (κ3) is 4.27. The van der Waals surface area contributed by atoms with Gasteiger partial charge < -0.3 is 4.90 Å². The number of carbonyl (C=O) groups is 1. The zero-order valence-electron chi connectivity index (χ0n) is 10.6. The number of likely N-dealkylation sites (N-methyl/N-ethyl adjacent to an activating group) is 1. The monoisotopic (exact) mass is 274 g/mol. The molecular weight excluding hydrogens is 256 g/mol. The van der Waals surface area contributed by atoms with Crippen molar-refractivity contribution < 1.29 is 17.4 Å². The Kier molecular flexibility index (Phi) is 5.11. The summed E-state index contributed by atoms with van der Waals surface area (Å²) in [7, 11) is -1.82. The number of rotatable bonds is 6. The molecule has 1 heterocycles. The van der Waals surface area contributed by atoms with Gasteiger partial charge in [-0.25, -0.2) is 0 Å².